The minimum atomic E-state index is -3.48. The highest BCUT2D eigenvalue weighted by Crippen LogP contribution is 2.26. The zero-order chi connectivity index (χ0) is 18.7. The zero-order valence-corrected chi connectivity index (χ0v) is 16.0. The van der Waals surface area contributed by atoms with Crippen LogP contribution >= 0.6 is 11.6 Å². The summed E-state index contributed by atoms with van der Waals surface area (Å²) in [6.07, 6.45) is -0.264. The molecule has 1 fully saturated rings. The second-order valence-corrected chi connectivity index (χ2v) is 8.74. The molecule has 7 heteroatoms. The summed E-state index contributed by atoms with van der Waals surface area (Å²) < 4.78 is 30.4. The van der Waals surface area contributed by atoms with Crippen LogP contribution in [0.15, 0.2) is 53.4 Å². The van der Waals surface area contributed by atoms with Crippen LogP contribution in [0.25, 0.3) is 0 Å². The second-order valence-electron chi connectivity index (χ2n) is 6.06. The maximum atomic E-state index is 13.0. The highest BCUT2D eigenvalue weighted by molar-refractivity contribution is 7.91. The van der Waals surface area contributed by atoms with Gasteiger partial charge in [0.2, 0.25) is 0 Å². The molecule has 3 rings (SSSR count). The van der Waals surface area contributed by atoms with Crippen molar-refractivity contribution in [1.29, 1.82) is 0 Å². The van der Waals surface area contributed by atoms with Gasteiger partial charge in [-0.25, -0.2) is 8.42 Å². The summed E-state index contributed by atoms with van der Waals surface area (Å²) in [6, 6.07) is 13.7. The minimum Gasteiger partial charge on any atom is -0.370 e. The number of morpholine rings is 1. The normalized spacial score (nSPS) is 17.9. The number of ether oxygens (including phenoxy) is 1. The topological polar surface area (TPSA) is 63.7 Å². The van der Waals surface area contributed by atoms with Crippen molar-refractivity contribution in [2.45, 2.75) is 17.9 Å². The number of nitrogens with zero attached hydrogens (tertiary/aromatic N) is 1. The Labute approximate surface area is 158 Å². The Kier molecular flexibility index (Phi) is 5.65. The van der Waals surface area contributed by atoms with Gasteiger partial charge in [0.05, 0.1) is 29.4 Å². The number of carbonyl (C=O) groups excluding carboxylic acids is 1. The number of amides is 1. The van der Waals surface area contributed by atoms with Gasteiger partial charge in [-0.1, -0.05) is 42.8 Å². The molecule has 0 spiro atoms. The van der Waals surface area contributed by atoms with Crippen LogP contribution in [0.2, 0.25) is 5.02 Å². The lowest BCUT2D eigenvalue weighted by molar-refractivity contribution is -0.0229. The molecule has 138 valence electrons. The van der Waals surface area contributed by atoms with Crippen molar-refractivity contribution in [3.63, 3.8) is 0 Å². The number of rotatable bonds is 4. The van der Waals surface area contributed by atoms with E-state index in [1.54, 1.807) is 42.2 Å². The van der Waals surface area contributed by atoms with Crippen LogP contribution in [-0.4, -0.2) is 44.7 Å². The summed E-state index contributed by atoms with van der Waals surface area (Å²) in [5.41, 5.74) is 1.15. The van der Waals surface area contributed by atoms with Gasteiger partial charge in [0.25, 0.3) is 5.91 Å². The molecule has 2 aromatic rings. The fraction of sp³-hybridized carbons (Fsp3) is 0.316. The Morgan fingerprint density at radius 3 is 2.58 bits per heavy atom. The van der Waals surface area contributed by atoms with Gasteiger partial charge in [-0.2, -0.15) is 0 Å². The Hall–Kier alpha value is -1.89. The third-order valence-corrected chi connectivity index (χ3v) is 6.47. The Morgan fingerprint density at radius 2 is 1.88 bits per heavy atom. The molecule has 1 saturated heterocycles. The van der Waals surface area contributed by atoms with Gasteiger partial charge in [0.15, 0.2) is 9.84 Å². The highest BCUT2D eigenvalue weighted by atomic mass is 35.5. The van der Waals surface area contributed by atoms with Gasteiger partial charge in [-0.15, -0.1) is 0 Å². The van der Waals surface area contributed by atoms with Crippen molar-refractivity contribution in [1.82, 2.24) is 4.90 Å². The van der Waals surface area contributed by atoms with E-state index in [1.165, 1.54) is 6.07 Å². The summed E-state index contributed by atoms with van der Waals surface area (Å²) in [6.45, 7) is 2.74. The predicted octanol–water partition coefficient (Wildman–Crippen LogP) is 3.35. The molecule has 0 unspecified atom stereocenters. The van der Waals surface area contributed by atoms with Gasteiger partial charge in [0, 0.05) is 11.6 Å². The average molecular weight is 394 g/mol. The minimum absolute atomic E-state index is 0.0478. The van der Waals surface area contributed by atoms with Gasteiger partial charge >= 0.3 is 0 Å². The summed E-state index contributed by atoms with van der Waals surface area (Å²) in [5, 5.41) is 0.635. The van der Waals surface area contributed by atoms with Crippen LogP contribution in [0.4, 0.5) is 0 Å². The quantitative estimate of drug-likeness (QED) is 0.799. The standard InChI is InChI=1S/C19H20ClNO4S/c1-2-26(23,24)18-6-4-3-5-16(18)19(22)21-11-12-25-17(13-21)14-7-9-15(20)10-8-14/h3-10,17H,2,11-13H2,1H3/t17-/m1/s1. The summed E-state index contributed by atoms with van der Waals surface area (Å²) in [7, 11) is -3.48. The van der Waals surface area contributed by atoms with Crippen LogP contribution in [-0.2, 0) is 14.6 Å². The first-order chi connectivity index (χ1) is 12.4. The van der Waals surface area contributed by atoms with Crippen molar-refractivity contribution in [3.8, 4) is 0 Å². The Bertz CT molecular complexity index is 896. The smallest absolute Gasteiger partial charge is 0.255 e. The van der Waals surface area contributed by atoms with Crippen LogP contribution < -0.4 is 0 Å². The molecular weight excluding hydrogens is 374 g/mol. The van der Waals surface area contributed by atoms with E-state index >= 15 is 0 Å². The maximum absolute atomic E-state index is 13.0. The molecule has 1 atom stereocenters. The molecule has 26 heavy (non-hydrogen) atoms. The summed E-state index contributed by atoms with van der Waals surface area (Å²) >= 11 is 5.92. The number of carbonyl (C=O) groups is 1. The maximum Gasteiger partial charge on any atom is 0.255 e. The van der Waals surface area contributed by atoms with Crippen LogP contribution in [0.1, 0.15) is 28.9 Å². The third-order valence-electron chi connectivity index (χ3n) is 4.43. The lowest BCUT2D eigenvalue weighted by Crippen LogP contribution is -2.42. The van der Waals surface area contributed by atoms with Crippen molar-refractivity contribution in [3.05, 3.63) is 64.7 Å². The molecular formula is C19H20ClNO4S. The van der Waals surface area contributed by atoms with E-state index in [0.717, 1.165) is 5.56 Å². The lowest BCUT2D eigenvalue weighted by atomic mass is 10.1. The van der Waals surface area contributed by atoms with E-state index in [9.17, 15) is 13.2 Å². The van der Waals surface area contributed by atoms with Gasteiger partial charge in [-0.3, -0.25) is 4.79 Å². The molecule has 0 saturated carbocycles. The van der Waals surface area contributed by atoms with Crippen molar-refractivity contribution < 1.29 is 17.9 Å². The van der Waals surface area contributed by atoms with Gasteiger partial charge in [-0.05, 0) is 29.8 Å². The first-order valence-electron chi connectivity index (χ1n) is 8.40. The molecule has 2 aromatic carbocycles. The first-order valence-corrected chi connectivity index (χ1v) is 10.4. The lowest BCUT2D eigenvalue weighted by Gasteiger charge is -2.33. The molecule has 0 aromatic heterocycles. The number of hydrogen-bond acceptors (Lipinski definition) is 4. The van der Waals surface area contributed by atoms with E-state index in [-0.39, 0.29) is 28.2 Å². The van der Waals surface area contributed by atoms with E-state index in [1.807, 2.05) is 12.1 Å². The molecule has 1 heterocycles. The van der Waals surface area contributed by atoms with Crippen LogP contribution in [0.3, 0.4) is 0 Å². The SMILES string of the molecule is CCS(=O)(=O)c1ccccc1C(=O)N1CCO[C@@H](c2ccc(Cl)cc2)C1. The summed E-state index contributed by atoms with van der Waals surface area (Å²) in [4.78, 5) is 14.7. The first kappa shape index (κ1) is 18.9. The number of hydrogen-bond donors (Lipinski definition) is 0. The molecule has 1 aliphatic rings. The third kappa shape index (κ3) is 3.92. The molecule has 0 N–H and O–H groups in total. The fourth-order valence-corrected chi connectivity index (χ4v) is 4.17. The molecule has 0 aliphatic carbocycles. The largest absolute Gasteiger partial charge is 0.370 e. The van der Waals surface area contributed by atoms with E-state index < -0.39 is 9.84 Å². The van der Waals surface area contributed by atoms with Crippen molar-refractivity contribution in [2.24, 2.45) is 0 Å². The van der Waals surface area contributed by atoms with Gasteiger partial charge < -0.3 is 9.64 Å². The Morgan fingerprint density at radius 1 is 1.19 bits per heavy atom. The molecule has 0 radical (unpaired) electrons. The fourth-order valence-electron chi connectivity index (χ4n) is 2.95. The van der Waals surface area contributed by atoms with Crippen molar-refractivity contribution >= 4 is 27.3 Å². The second kappa shape index (κ2) is 7.78. The molecule has 5 nitrogen and oxygen atoms in total. The average Bonchev–Trinajstić information content (AvgIpc) is 2.68. The number of halogens is 1. The monoisotopic (exact) mass is 393 g/mol. The Balaban J connectivity index is 1.86. The molecule has 1 amide bonds. The summed E-state index contributed by atoms with van der Waals surface area (Å²) in [5.74, 6) is -0.340. The zero-order valence-electron chi connectivity index (χ0n) is 14.4. The van der Waals surface area contributed by atoms with E-state index in [0.29, 0.717) is 24.7 Å². The number of benzene rings is 2. The molecule has 0 bridgehead atoms. The van der Waals surface area contributed by atoms with Crippen molar-refractivity contribution in [2.75, 3.05) is 25.4 Å². The number of sulfone groups is 1. The molecule has 1 aliphatic heterocycles. The van der Waals surface area contributed by atoms with Crippen LogP contribution in [0, 0.1) is 0 Å². The van der Waals surface area contributed by atoms with Crippen LogP contribution in [0.5, 0.6) is 0 Å². The van der Waals surface area contributed by atoms with E-state index in [4.69, 9.17) is 16.3 Å². The highest BCUT2D eigenvalue weighted by Gasteiger charge is 2.29. The predicted molar refractivity (Wildman–Crippen MR) is 100 cm³/mol. The van der Waals surface area contributed by atoms with Gasteiger partial charge in [0.1, 0.15) is 6.10 Å². The van der Waals surface area contributed by atoms with E-state index in [2.05, 4.69) is 0 Å².